The molecule has 1 aliphatic heterocycles. The third-order valence-corrected chi connectivity index (χ3v) is 2.78. The molecule has 82 valence electrons. The van der Waals surface area contributed by atoms with E-state index in [1.165, 1.54) is 0 Å². The highest BCUT2D eigenvalue weighted by molar-refractivity contribution is 5.65. The Bertz CT molecular complexity index is 335. The molecule has 1 saturated heterocycles. The summed E-state index contributed by atoms with van der Waals surface area (Å²) in [6, 6.07) is 5.87. The summed E-state index contributed by atoms with van der Waals surface area (Å²) in [6.07, 6.45) is 0. The normalized spacial score (nSPS) is 16.5. The molecule has 0 radical (unpaired) electrons. The van der Waals surface area contributed by atoms with Gasteiger partial charge in [0.1, 0.15) is 0 Å². The molecule has 0 atom stereocenters. The molecule has 2 N–H and O–H groups in total. The highest BCUT2D eigenvalue weighted by atomic mass is 16.5. The molecule has 1 aliphatic rings. The minimum atomic E-state index is 0.763. The number of ether oxygens (including phenoxy) is 1. The van der Waals surface area contributed by atoms with Gasteiger partial charge >= 0.3 is 0 Å². The first-order valence-electron chi connectivity index (χ1n) is 5.15. The summed E-state index contributed by atoms with van der Waals surface area (Å²) in [6.45, 7) is 5.38. The monoisotopic (exact) mass is 208 g/mol. The van der Waals surface area contributed by atoms with Crippen molar-refractivity contribution in [3.8, 4) is 0 Å². The lowest BCUT2D eigenvalue weighted by Gasteiger charge is -2.30. The van der Waals surface area contributed by atoms with Gasteiger partial charge in [0.25, 0.3) is 0 Å². The molecule has 1 heterocycles. The van der Waals surface area contributed by atoms with Gasteiger partial charge < -0.3 is 9.64 Å². The predicted octanol–water partition coefficient (Wildman–Crippen LogP) is 1.63. The maximum atomic E-state index is 8.95. The Morgan fingerprint density at radius 1 is 1.33 bits per heavy atom. The lowest BCUT2D eigenvalue weighted by molar-refractivity contribution is 0.122. The van der Waals surface area contributed by atoms with E-state index in [4.69, 9.17) is 9.94 Å². The summed E-state index contributed by atoms with van der Waals surface area (Å²) in [5, 5.41) is 8.95. The van der Waals surface area contributed by atoms with Gasteiger partial charge in [-0.1, -0.05) is 6.07 Å². The average molecular weight is 208 g/mol. The highest BCUT2D eigenvalue weighted by Crippen LogP contribution is 2.26. The smallest absolute Gasteiger partial charge is 0.0651 e. The summed E-state index contributed by atoms with van der Waals surface area (Å²) in [5.74, 6) is 0. The molecule has 1 fully saturated rings. The van der Waals surface area contributed by atoms with Crippen LogP contribution in [-0.4, -0.2) is 31.5 Å². The minimum Gasteiger partial charge on any atom is -0.378 e. The molecule has 4 nitrogen and oxygen atoms in total. The van der Waals surface area contributed by atoms with Gasteiger partial charge in [0.15, 0.2) is 0 Å². The largest absolute Gasteiger partial charge is 0.378 e. The van der Waals surface area contributed by atoms with Crippen molar-refractivity contribution in [1.29, 1.82) is 0 Å². The number of anilines is 2. The van der Waals surface area contributed by atoms with E-state index in [0.717, 1.165) is 43.2 Å². The molecule has 0 saturated carbocycles. The molecule has 0 spiro atoms. The number of morpholine rings is 1. The van der Waals surface area contributed by atoms with E-state index in [1.54, 1.807) is 0 Å². The van der Waals surface area contributed by atoms with Crippen LogP contribution < -0.4 is 10.4 Å². The van der Waals surface area contributed by atoms with Gasteiger partial charge in [0.2, 0.25) is 0 Å². The van der Waals surface area contributed by atoms with Gasteiger partial charge in [-0.25, -0.2) is 0 Å². The summed E-state index contributed by atoms with van der Waals surface area (Å²) in [7, 11) is 0. The Labute approximate surface area is 89.4 Å². The molecule has 4 heteroatoms. The number of nitrogens with one attached hydrogen (secondary N) is 1. The third-order valence-electron chi connectivity index (χ3n) is 2.78. The summed E-state index contributed by atoms with van der Waals surface area (Å²) in [4.78, 5) is 2.28. The maximum absolute atomic E-state index is 8.95. The van der Waals surface area contributed by atoms with Crippen LogP contribution in [0.5, 0.6) is 0 Å². The zero-order chi connectivity index (χ0) is 10.7. The molecule has 0 aromatic heterocycles. The molecular weight excluding hydrogens is 192 g/mol. The van der Waals surface area contributed by atoms with Crippen molar-refractivity contribution in [2.45, 2.75) is 6.92 Å². The van der Waals surface area contributed by atoms with E-state index >= 15 is 0 Å². The van der Waals surface area contributed by atoms with E-state index < -0.39 is 0 Å². The van der Waals surface area contributed by atoms with Gasteiger partial charge in [-0.05, 0) is 24.6 Å². The zero-order valence-corrected chi connectivity index (χ0v) is 8.86. The standard InChI is InChI=1S/C11H16N2O2/c1-9-10(12-14)3-2-4-11(9)13-5-7-15-8-6-13/h2-4,12,14H,5-8H2,1H3. The Morgan fingerprint density at radius 3 is 2.73 bits per heavy atom. The van der Waals surface area contributed by atoms with Crippen LogP contribution in [0.2, 0.25) is 0 Å². The zero-order valence-electron chi connectivity index (χ0n) is 8.86. The van der Waals surface area contributed by atoms with Crippen LogP contribution in [0, 0.1) is 6.92 Å². The fourth-order valence-electron chi connectivity index (χ4n) is 1.89. The number of hydrogen-bond acceptors (Lipinski definition) is 4. The number of benzene rings is 1. The number of rotatable bonds is 2. The quantitative estimate of drug-likeness (QED) is 0.725. The van der Waals surface area contributed by atoms with E-state index in [2.05, 4.69) is 16.4 Å². The minimum absolute atomic E-state index is 0.763. The fourth-order valence-corrected chi connectivity index (χ4v) is 1.89. The van der Waals surface area contributed by atoms with Gasteiger partial charge in [-0.2, -0.15) is 0 Å². The summed E-state index contributed by atoms with van der Waals surface area (Å²) < 4.78 is 5.31. The van der Waals surface area contributed by atoms with Gasteiger partial charge in [0.05, 0.1) is 18.9 Å². The number of nitrogens with zero attached hydrogens (tertiary/aromatic N) is 1. The molecule has 2 rings (SSSR count). The second-order valence-corrected chi connectivity index (χ2v) is 3.66. The topological polar surface area (TPSA) is 44.7 Å². The van der Waals surface area contributed by atoms with Crippen molar-refractivity contribution in [2.24, 2.45) is 0 Å². The fraction of sp³-hybridized carbons (Fsp3) is 0.455. The molecule has 1 aromatic carbocycles. The van der Waals surface area contributed by atoms with E-state index in [-0.39, 0.29) is 0 Å². The van der Waals surface area contributed by atoms with Crippen molar-refractivity contribution in [2.75, 3.05) is 36.7 Å². The van der Waals surface area contributed by atoms with Gasteiger partial charge in [-0.15, -0.1) is 0 Å². The predicted molar refractivity (Wildman–Crippen MR) is 59.6 cm³/mol. The Balaban J connectivity index is 2.26. The molecule has 0 unspecified atom stereocenters. The van der Waals surface area contributed by atoms with Gasteiger partial charge in [0, 0.05) is 18.8 Å². The second-order valence-electron chi connectivity index (χ2n) is 3.66. The van der Waals surface area contributed by atoms with Crippen molar-refractivity contribution < 1.29 is 9.94 Å². The first-order valence-corrected chi connectivity index (χ1v) is 5.15. The first-order chi connectivity index (χ1) is 7.33. The Hall–Kier alpha value is -1.26. The molecule has 1 aromatic rings. The lowest BCUT2D eigenvalue weighted by Crippen LogP contribution is -2.36. The van der Waals surface area contributed by atoms with Gasteiger partial charge in [-0.3, -0.25) is 10.7 Å². The first kappa shape index (κ1) is 10.3. The van der Waals surface area contributed by atoms with Crippen LogP contribution in [-0.2, 0) is 4.74 Å². The van der Waals surface area contributed by atoms with Crippen LogP contribution in [0.3, 0.4) is 0 Å². The molecule has 0 aliphatic carbocycles. The second kappa shape index (κ2) is 4.51. The highest BCUT2D eigenvalue weighted by Gasteiger charge is 2.14. The van der Waals surface area contributed by atoms with E-state index in [1.807, 2.05) is 19.1 Å². The molecule has 0 bridgehead atoms. The average Bonchev–Trinajstić information content (AvgIpc) is 2.30. The Kier molecular flexibility index (Phi) is 3.08. The van der Waals surface area contributed by atoms with E-state index in [0.29, 0.717) is 0 Å². The van der Waals surface area contributed by atoms with Crippen molar-refractivity contribution in [3.63, 3.8) is 0 Å². The van der Waals surface area contributed by atoms with Crippen LogP contribution >= 0.6 is 0 Å². The van der Waals surface area contributed by atoms with Crippen LogP contribution in [0.4, 0.5) is 11.4 Å². The van der Waals surface area contributed by atoms with Crippen molar-refractivity contribution in [3.05, 3.63) is 23.8 Å². The SMILES string of the molecule is Cc1c(NO)cccc1N1CCOCC1. The molecule has 0 amide bonds. The van der Waals surface area contributed by atoms with Crippen LogP contribution in [0.1, 0.15) is 5.56 Å². The van der Waals surface area contributed by atoms with Crippen LogP contribution in [0.15, 0.2) is 18.2 Å². The molecular formula is C11H16N2O2. The summed E-state index contributed by atoms with van der Waals surface area (Å²) in [5.41, 5.74) is 5.22. The Morgan fingerprint density at radius 2 is 2.07 bits per heavy atom. The maximum Gasteiger partial charge on any atom is 0.0651 e. The number of hydrogen-bond donors (Lipinski definition) is 2. The van der Waals surface area contributed by atoms with Crippen molar-refractivity contribution in [1.82, 2.24) is 0 Å². The van der Waals surface area contributed by atoms with Crippen molar-refractivity contribution >= 4 is 11.4 Å². The van der Waals surface area contributed by atoms with E-state index in [9.17, 15) is 0 Å². The van der Waals surface area contributed by atoms with Crippen LogP contribution in [0.25, 0.3) is 0 Å². The summed E-state index contributed by atoms with van der Waals surface area (Å²) >= 11 is 0. The molecule has 15 heavy (non-hydrogen) atoms. The third kappa shape index (κ3) is 2.06. The lowest BCUT2D eigenvalue weighted by atomic mass is 10.1.